The summed E-state index contributed by atoms with van der Waals surface area (Å²) in [5.41, 5.74) is -2.39. The zero-order chi connectivity index (χ0) is 25.3. The number of anilines is 1. The highest BCUT2D eigenvalue weighted by Crippen LogP contribution is 2.39. The van der Waals surface area contributed by atoms with Crippen molar-refractivity contribution in [3.8, 4) is 12.3 Å². The van der Waals surface area contributed by atoms with Gasteiger partial charge in [-0.3, -0.25) is 9.88 Å². The molecule has 0 bridgehead atoms. The van der Waals surface area contributed by atoms with E-state index >= 15 is 0 Å². The lowest BCUT2D eigenvalue weighted by Gasteiger charge is -2.26. The standard InChI is InChI=1S/C21H27FN6O6/c1-7-21(9-32-18(30)24-11(2)3)12(29)8-13(33-21)28-10-23-15-14(28)16(26-17(22)25-15)27-19(31)34-20(4,5)6/h1,10-13,29H,8-9H2,2-6H3,(H,24,30)(H,25,26,27,31)/t12-,13+,21+/m0/s1. The van der Waals surface area contributed by atoms with Gasteiger partial charge in [0.25, 0.3) is 0 Å². The number of rotatable bonds is 5. The maximum Gasteiger partial charge on any atom is 0.413 e. The smallest absolute Gasteiger partial charge is 0.413 e. The van der Waals surface area contributed by atoms with Crippen molar-refractivity contribution >= 4 is 29.2 Å². The number of nitrogens with zero attached hydrogens (tertiary/aromatic N) is 4. The number of aliphatic hydroxyl groups is 1. The van der Waals surface area contributed by atoms with Crippen LogP contribution in [0.15, 0.2) is 6.33 Å². The highest BCUT2D eigenvalue weighted by Gasteiger charge is 2.49. The second-order valence-electron chi connectivity index (χ2n) is 9.03. The number of aliphatic hydroxyl groups excluding tert-OH is 1. The molecule has 0 unspecified atom stereocenters. The molecular weight excluding hydrogens is 451 g/mol. The van der Waals surface area contributed by atoms with Crippen molar-refractivity contribution in [2.45, 2.75) is 70.6 Å². The number of amides is 2. The third-order valence-corrected chi connectivity index (χ3v) is 4.71. The van der Waals surface area contributed by atoms with E-state index in [1.165, 1.54) is 10.9 Å². The number of alkyl carbamates (subject to hydrolysis) is 1. The summed E-state index contributed by atoms with van der Waals surface area (Å²) in [6.07, 6.45) is 2.07. The van der Waals surface area contributed by atoms with Crippen molar-refractivity contribution in [2.75, 3.05) is 11.9 Å². The van der Waals surface area contributed by atoms with E-state index in [2.05, 4.69) is 31.5 Å². The van der Waals surface area contributed by atoms with Gasteiger partial charge in [0.1, 0.15) is 30.1 Å². The summed E-state index contributed by atoms with van der Waals surface area (Å²) < 4.78 is 31.6. The molecule has 2 amide bonds. The number of aromatic nitrogens is 4. The van der Waals surface area contributed by atoms with Crippen molar-refractivity contribution in [1.82, 2.24) is 24.8 Å². The largest absolute Gasteiger partial charge is 0.445 e. The van der Waals surface area contributed by atoms with E-state index in [-0.39, 0.29) is 29.4 Å². The van der Waals surface area contributed by atoms with Gasteiger partial charge >= 0.3 is 18.3 Å². The Labute approximate surface area is 195 Å². The highest BCUT2D eigenvalue weighted by molar-refractivity contribution is 5.93. The van der Waals surface area contributed by atoms with Crippen LogP contribution < -0.4 is 10.6 Å². The highest BCUT2D eigenvalue weighted by atomic mass is 19.1. The minimum absolute atomic E-state index is 0.0198. The average Bonchev–Trinajstić information content (AvgIpc) is 3.25. The first-order chi connectivity index (χ1) is 15.8. The fraction of sp³-hybridized carbons (Fsp3) is 0.571. The van der Waals surface area contributed by atoms with Crippen LogP contribution in [0.5, 0.6) is 0 Å². The average molecular weight is 478 g/mol. The predicted octanol–water partition coefficient (Wildman–Crippen LogP) is 2.10. The van der Waals surface area contributed by atoms with Crippen molar-refractivity contribution in [2.24, 2.45) is 0 Å². The first-order valence-corrected chi connectivity index (χ1v) is 10.5. The van der Waals surface area contributed by atoms with Gasteiger partial charge in [-0.25, -0.2) is 14.6 Å². The van der Waals surface area contributed by atoms with Gasteiger partial charge in [-0.05, 0) is 34.6 Å². The molecule has 3 N–H and O–H groups in total. The van der Waals surface area contributed by atoms with Crippen molar-refractivity contribution in [3.05, 3.63) is 12.4 Å². The van der Waals surface area contributed by atoms with Gasteiger partial charge in [0.2, 0.25) is 0 Å². The van der Waals surface area contributed by atoms with Gasteiger partial charge in [-0.15, -0.1) is 6.42 Å². The Hall–Kier alpha value is -3.50. The van der Waals surface area contributed by atoms with E-state index in [1.807, 2.05) is 0 Å². The molecule has 3 rings (SSSR count). The molecule has 12 nitrogen and oxygen atoms in total. The Kier molecular flexibility index (Phi) is 6.94. The third-order valence-electron chi connectivity index (χ3n) is 4.71. The number of carbonyl (C=O) groups excluding carboxylic acids is 2. The van der Waals surface area contributed by atoms with Crippen LogP contribution in [-0.4, -0.2) is 66.8 Å². The number of terminal acetylenes is 1. The van der Waals surface area contributed by atoms with E-state index in [0.29, 0.717) is 0 Å². The summed E-state index contributed by atoms with van der Waals surface area (Å²) in [6.45, 7) is 8.11. The van der Waals surface area contributed by atoms with E-state index in [9.17, 15) is 19.1 Å². The van der Waals surface area contributed by atoms with E-state index in [1.54, 1.807) is 34.6 Å². The molecule has 3 heterocycles. The molecule has 0 spiro atoms. The first-order valence-electron chi connectivity index (χ1n) is 10.5. The van der Waals surface area contributed by atoms with Crippen LogP contribution in [0.3, 0.4) is 0 Å². The van der Waals surface area contributed by atoms with Crippen LogP contribution in [0.2, 0.25) is 0 Å². The number of hydrogen-bond acceptors (Lipinski definition) is 9. The number of carbonyl (C=O) groups is 2. The molecule has 184 valence electrons. The molecular formula is C21H27FN6O6. The molecule has 1 aliphatic heterocycles. The Balaban J connectivity index is 1.88. The minimum Gasteiger partial charge on any atom is -0.445 e. The number of hydrogen-bond donors (Lipinski definition) is 3. The lowest BCUT2D eigenvalue weighted by Crippen LogP contribution is -2.44. The lowest BCUT2D eigenvalue weighted by atomic mass is 9.99. The monoisotopic (exact) mass is 478 g/mol. The van der Waals surface area contributed by atoms with Gasteiger partial charge in [-0.1, -0.05) is 5.92 Å². The van der Waals surface area contributed by atoms with Gasteiger partial charge in [0, 0.05) is 12.5 Å². The van der Waals surface area contributed by atoms with Gasteiger partial charge < -0.3 is 24.6 Å². The summed E-state index contributed by atoms with van der Waals surface area (Å²) in [4.78, 5) is 35.5. The molecule has 1 fully saturated rings. The van der Waals surface area contributed by atoms with Crippen molar-refractivity contribution in [1.29, 1.82) is 0 Å². The maximum absolute atomic E-state index is 14.0. The molecule has 2 aromatic heterocycles. The summed E-state index contributed by atoms with van der Waals surface area (Å²) in [7, 11) is 0. The number of ether oxygens (including phenoxy) is 3. The fourth-order valence-corrected chi connectivity index (χ4v) is 3.30. The molecule has 0 radical (unpaired) electrons. The number of fused-ring (bicyclic) bond motifs is 1. The summed E-state index contributed by atoms with van der Waals surface area (Å²) >= 11 is 0. The molecule has 34 heavy (non-hydrogen) atoms. The minimum atomic E-state index is -1.64. The van der Waals surface area contributed by atoms with Crippen LogP contribution in [0, 0.1) is 18.4 Å². The predicted molar refractivity (Wildman–Crippen MR) is 117 cm³/mol. The molecule has 0 saturated carbocycles. The van der Waals surface area contributed by atoms with Gasteiger partial charge in [-0.2, -0.15) is 14.4 Å². The zero-order valence-electron chi connectivity index (χ0n) is 19.5. The Morgan fingerprint density at radius 1 is 1.41 bits per heavy atom. The molecule has 3 atom stereocenters. The van der Waals surface area contributed by atoms with Gasteiger partial charge in [0.05, 0.1) is 6.33 Å². The zero-order valence-corrected chi connectivity index (χ0v) is 19.5. The molecule has 1 saturated heterocycles. The quantitative estimate of drug-likeness (QED) is 0.434. The summed E-state index contributed by atoms with van der Waals surface area (Å²) in [6, 6.07) is -0.162. The second-order valence-corrected chi connectivity index (χ2v) is 9.03. The lowest BCUT2D eigenvalue weighted by molar-refractivity contribution is -0.0909. The molecule has 0 aliphatic carbocycles. The van der Waals surface area contributed by atoms with Crippen LogP contribution in [-0.2, 0) is 14.2 Å². The Morgan fingerprint density at radius 2 is 2.12 bits per heavy atom. The molecule has 1 aliphatic rings. The number of imidazole rings is 1. The maximum atomic E-state index is 14.0. The van der Waals surface area contributed by atoms with Crippen LogP contribution in [0.4, 0.5) is 19.8 Å². The third kappa shape index (κ3) is 5.52. The first kappa shape index (κ1) is 25.1. The summed E-state index contributed by atoms with van der Waals surface area (Å²) in [5, 5.41) is 15.6. The van der Waals surface area contributed by atoms with Crippen molar-refractivity contribution in [3.63, 3.8) is 0 Å². The SMILES string of the molecule is C#C[C@]1(COC(=O)NC(C)C)O[C@@H](n2cnc3nc(F)nc(NC(=O)OC(C)(C)C)c32)C[C@@H]1O. The van der Waals surface area contributed by atoms with E-state index in [0.717, 1.165) is 0 Å². The van der Waals surface area contributed by atoms with Crippen molar-refractivity contribution < 1.29 is 33.3 Å². The Bertz CT molecular complexity index is 1120. The van der Waals surface area contributed by atoms with Crippen LogP contribution >= 0.6 is 0 Å². The molecule has 0 aromatic carbocycles. The normalized spacial score (nSPS) is 22.4. The van der Waals surface area contributed by atoms with Crippen LogP contribution in [0.1, 0.15) is 47.3 Å². The van der Waals surface area contributed by atoms with E-state index in [4.69, 9.17) is 20.6 Å². The molecule has 2 aromatic rings. The second kappa shape index (κ2) is 9.40. The summed E-state index contributed by atoms with van der Waals surface area (Å²) in [5.74, 6) is 2.16. The fourth-order valence-electron chi connectivity index (χ4n) is 3.30. The van der Waals surface area contributed by atoms with Gasteiger partial charge in [0.15, 0.2) is 17.1 Å². The topological polar surface area (TPSA) is 150 Å². The Morgan fingerprint density at radius 3 is 2.74 bits per heavy atom. The van der Waals surface area contributed by atoms with E-state index < -0.39 is 48.4 Å². The number of halogens is 1. The van der Waals surface area contributed by atoms with Crippen LogP contribution in [0.25, 0.3) is 11.2 Å². The molecule has 13 heteroatoms. The number of nitrogens with one attached hydrogen (secondary N) is 2.